The molecule has 0 heterocycles. The first-order valence-corrected chi connectivity index (χ1v) is 10.8. The fourth-order valence-electron chi connectivity index (χ4n) is 2.58. The monoisotopic (exact) mass is 428 g/mol. The van der Waals surface area contributed by atoms with E-state index in [-0.39, 0.29) is 21.4 Å². The molecule has 2 N–H and O–H groups in total. The zero-order valence-corrected chi connectivity index (χ0v) is 16.9. The molecule has 0 aliphatic heterocycles. The van der Waals surface area contributed by atoms with Gasteiger partial charge in [-0.15, -0.1) is 0 Å². The summed E-state index contributed by atoms with van der Waals surface area (Å²) in [5.41, 5.74) is 1.23. The first kappa shape index (κ1) is 20.6. The molecule has 0 bridgehead atoms. The van der Waals surface area contributed by atoms with Gasteiger partial charge in [-0.1, -0.05) is 41.9 Å². The van der Waals surface area contributed by atoms with Gasteiger partial charge >= 0.3 is 0 Å². The maximum Gasteiger partial charge on any atom is 0.257 e. The number of hydrogen-bond donors (Lipinski definition) is 2. The highest BCUT2D eigenvalue weighted by Crippen LogP contribution is 2.25. The molecule has 29 heavy (non-hydrogen) atoms. The van der Waals surface area contributed by atoms with Gasteiger partial charge in [0.25, 0.3) is 11.8 Å². The molecule has 0 saturated heterocycles. The van der Waals surface area contributed by atoms with Gasteiger partial charge in [0.05, 0.1) is 26.9 Å². The minimum atomic E-state index is -3.50. The number of hydrogen-bond acceptors (Lipinski definition) is 4. The average Bonchev–Trinajstić information content (AvgIpc) is 2.69. The van der Waals surface area contributed by atoms with Crippen LogP contribution in [0.1, 0.15) is 20.7 Å². The summed E-state index contributed by atoms with van der Waals surface area (Å²) >= 11 is 6.09. The molecule has 8 heteroatoms. The van der Waals surface area contributed by atoms with Crippen LogP contribution in [0.2, 0.25) is 5.02 Å². The van der Waals surface area contributed by atoms with Gasteiger partial charge in [-0.3, -0.25) is 9.59 Å². The molecule has 3 aromatic carbocycles. The van der Waals surface area contributed by atoms with Crippen LogP contribution in [0.4, 0.5) is 11.4 Å². The zero-order chi connectivity index (χ0) is 21.0. The lowest BCUT2D eigenvalue weighted by molar-refractivity contribution is 0.101. The molecule has 0 fully saturated rings. The summed E-state index contributed by atoms with van der Waals surface area (Å²) in [5.74, 6) is -0.925. The quantitative estimate of drug-likeness (QED) is 0.635. The third-order valence-corrected chi connectivity index (χ3v) is 5.51. The Morgan fingerprint density at radius 3 is 1.93 bits per heavy atom. The Labute approximate surface area is 173 Å². The molecule has 0 unspecified atom stereocenters. The van der Waals surface area contributed by atoms with Crippen LogP contribution in [0.15, 0.2) is 77.7 Å². The number of benzene rings is 3. The Morgan fingerprint density at radius 2 is 1.34 bits per heavy atom. The van der Waals surface area contributed by atoms with Crippen LogP contribution in [0.5, 0.6) is 0 Å². The molecule has 0 spiro atoms. The molecular weight excluding hydrogens is 412 g/mol. The van der Waals surface area contributed by atoms with E-state index in [2.05, 4.69) is 10.6 Å². The van der Waals surface area contributed by atoms with Crippen LogP contribution in [0, 0.1) is 0 Å². The molecule has 0 aliphatic carbocycles. The Morgan fingerprint density at radius 1 is 0.793 bits per heavy atom. The van der Waals surface area contributed by atoms with E-state index < -0.39 is 15.7 Å². The molecule has 148 valence electrons. The summed E-state index contributed by atoms with van der Waals surface area (Å²) in [6.45, 7) is 0. The maximum absolute atomic E-state index is 12.7. The van der Waals surface area contributed by atoms with Crippen LogP contribution < -0.4 is 10.6 Å². The average molecular weight is 429 g/mol. The molecule has 0 aliphatic rings. The van der Waals surface area contributed by atoms with Gasteiger partial charge in [0.15, 0.2) is 9.84 Å². The lowest BCUT2D eigenvalue weighted by Crippen LogP contribution is -2.17. The number of anilines is 2. The standard InChI is InChI=1S/C21H17ClN2O4S/c1-29(27,28)15-11-12-17(22)16(13-15)21(26)24-19-10-6-5-9-18(19)23-20(25)14-7-3-2-4-8-14/h2-13H,1H3,(H,23,25)(H,24,26). The largest absolute Gasteiger partial charge is 0.320 e. The highest BCUT2D eigenvalue weighted by atomic mass is 35.5. The third-order valence-electron chi connectivity index (χ3n) is 4.07. The van der Waals surface area contributed by atoms with E-state index in [1.54, 1.807) is 54.6 Å². The van der Waals surface area contributed by atoms with Crippen LogP contribution in [0.3, 0.4) is 0 Å². The van der Waals surface area contributed by atoms with Gasteiger partial charge in [-0.05, 0) is 42.5 Å². The first-order chi connectivity index (χ1) is 13.8. The van der Waals surface area contributed by atoms with Crippen molar-refractivity contribution in [2.75, 3.05) is 16.9 Å². The van der Waals surface area contributed by atoms with Gasteiger partial charge in [0.1, 0.15) is 0 Å². The van der Waals surface area contributed by atoms with E-state index in [9.17, 15) is 18.0 Å². The SMILES string of the molecule is CS(=O)(=O)c1ccc(Cl)c(C(=O)Nc2ccccc2NC(=O)c2ccccc2)c1. The third kappa shape index (κ3) is 5.01. The van der Waals surface area contributed by atoms with Crippen molar-refractivity contribution in [2.45, 2.75) is 4.90 Å². The van der Waals surface area contributed by atoms with E-state index in [1.165, 1.54) is 18.2 Å². The van der Waals surface area contributed by atoms with Gasteiger partial charge in [-0.25, -0.2) is 8.42 Å². The Kier molecular flexibility index (Phi) is 6.00. The smallest absolute Gasteiger partial charge is 0.257 e. The molecule has 2 amide bonds. The first-order valence-electron chi connectivity index (χ1n) is 8.52. The Bertz CT molecular complexity index is 1180. The van der Waals surface area contributed by atoms with E-state index in [0.717, 1.165) is 6.26 Å². The van der Waals surface area contributed by atoms with Crippen molar-refractivity contribution in [1.29, 1.82) is 0 Å². The maximum atomic E-state index is 12.7. The molecule has 0 atom stereocenters. The molecular formula is C21H17ClN2O4S. The van der Waals surface area contributed by atoms with E-state index in [4.69, 9.17) is 11.6 Å². The number of carbonyl (C=O) groups is 2. The van der Waals surface area contributed by atoms with Crippen molar-refractivity contribution in [3.05, 3.63) is 88.9 Å². The normalized spacial score (nSPS) is 11.0. The van der Waals surface area contributed by atoms with Gasteiger partial charge in [0, 0.05) is 11.8 Å². The van der Waals surface area contributed by atoms with Crippen LogP contribution >= 0.6 is 11.6 Å². The molecule has 0 saturated carbocycles. The van der Waals surface area contributed by atoms with Crippen molar-refractivity contribution in [2.24, 2.45) is 0 Å². The fourth-order valence-corrected chi connectivity index (χ4v) is 3.43. The van der Waals surface area contributed by atoms with Crippen molar-refractivity contribution in [1.82, 2.24) is 0 Å². The van der Waals surface area contributed by atoms with Gasteiger partial charge in [-0.2, -0.15) is 0 Å². The second-order valence-corrected chi connectivity index (χ2v) is 8.66. The van der Waals surface area contributed by atoms with Gasteiger partial charge < -0.3 is 10.6 Å². The number of nitrogens with one attached hydrogen (secondary N) is 2. The second-order valence-electron chi connectivity index (χ2n) is 6.23. The zero-order valence-electron chi connectivity index (χ0n) is 15.3. The van der Waals surface area contributed by atoms with E-state index >= 15 is 0 Å². The van der Waals surface area contributed by atoms with E-state index in [1.807, 2.05) is 0 Å². The minimum absolute atomic E-state index is 0.0128. The molecule has 0 aromatic heterocycles. The Hall–Kier alpha value is -3.16. The number of rotatable bonds is 5. The number of para-hydroxylation sites is 2. The summed E-state index contributed by atoms with van der Waals surface area (Å²) in [5, 5.41) is 5.53. The van der Waals surface area contributed by atoms with Gasteiger partial charge in [0.2, 0.25) is 0 Å². The fraction of sp³-hybridized carbons (Fsp3) is 0.0476. The molecule has 3 aromatic rings. The summed E-state index contributed by atoms with van der Waals surface area (Å²) in [6.07, 6.45) is 1.05. The molecule has 6 nitrogen and oxygen atoms in total. The number of sulfone groups is 1. The lowest BCUT2D eigenvalue weighted by atomic mass is 10.2. The minimum Gasteiger partial charge on any atom is -0.320 e. The van der Waals surface area contributed by atoms with Crippen molar-refractivity contribution >= 4 is 44.6 Å². The predicted molar refractivity (Wildman–Crippen MR) is 113 cm³/mol. The number of halogens is 1. The topological polar surface area (TPSA) is 92.3 Å². The summed E-state index contributed by atoms with van der Waals surface area (Å²) in [4.78, 5) is 25.1. The summed E-state index contributed by atoms with van der Waals surface area (Å²) in [6, 6.07) is 19.2. The van der Waals surface area contributed by atoms with Crippen LogP contribution in [0.25, 0.3) is 0 Å². The Balaban J connectivity index is 1.86. The number of amides is 2. The number of carbonyl (C=O) groups excluding carboxylic acids is 2. The second kappa shape index (κ2) is 8.46. The van der Waals surface area contributed by atoms with Crippen molar-refractivity contribution in [3.8, 4) is 0 Å². The summed E-state index contributed by atoms with van der Waals surface area (Å²) < 4.78 is 23.5. The van der Waals surface area contributed by atoms with E-state index in [0.29, 0.717) is 16.9 Å². The molecule has 3 rings (SSSR count). The highest BCUT2D eigenvalue weighted by molar-refractivity contribution is 7.90. The van der Waals surface area contributed by atoms with Crippen LogP contribution in [-0.2, 0) is 9.84 Å². The predicted octanol–water partition coefficient (Wildman–Crippen LogP) is 4.25. The lowest BCUT2D eigenvalue weighted by Gasteiger charge is -2.13. The van der Waals surface area contributed by atoms with Crippen LogP contribution in [-0.4, -0.2) is 26.5 Å². The van der Waals surface area contributed by atoms with Crippen molar-refractivity contribution in [3.63, 3.8) is 0 Å². The summed E-state index contributed by atoms with van der Waals surface area (Å²) in [7, 11) is -3.50. The highest BCUT2D eigenvalue weighted by Gasteiger charge is 2.17. The molecule has 0 radical (unpaired) electrons. The van der Waals surface area contributed by atoms with Crippen molar-refractivity contribution < 1.29 is 18.0 Å².